The minimum atomic E-state index is -0.331. The van der Waals surface area contributed by atoms with Gasteiger partial charge in [0.15, 0.2) is 5.43 Å². The van der Waals surface area contributed by atoms with Crippen molar-refractivity contribution in [1.29, 1.82) is 0 Å². The zero-order valence-electron chi connectivity index (χ0n) is 13.6. The molecular weight excluding hydrogens is 340 g/mol. The Balaban J connectivity index is 2.05. The molecule has 0 fully saturated rings. The van der Waals surface area contributed by atoms with Gasteiger partial charge in [-0.25, -0.2) is 4.79 Å². The van der Waals surface area contributed by atoms with Crippen LogP contribution < -0.4 is 5.43 Å². The molecule has 0 bridgehead atoms. The summed E-state index contributed by atoms with van der Waals surface area (Å²) in [5.41, 5.74) is 0.509. The molecule has 3 nitrogen and oxygen atoms in total. The fourth-order valence-corrected chi connectivity index (χ4v) is 4.01. The maximum atomic E-state index is 12.7. The molecule has 0 aliphatic heterocycles. The first-order valence-electron chi connectivity index (χ1n) is 7.85. The number of benzene rings is 2. The van der Waals surface area contributed by atoms with Gasteiger partial charge < -0.3 is 4.74 Å². The highest BCUT2D eigenvalue weighted by Crippen LogP contribution is 2.28. The van der Waals surface area contributed by atoms with Crippen molar-refractivity contribution in [2.75, 3.05) is 12.9 Å². The molecule has 1 heterocycles. The quantitative estimate of drug-likeness (QED) is 0.276. The second kappa shape index (κ2) is 7.36. The van der Waals surface area contributed by atoms with Gasteiger partial charge in [-0.1, -0.05) is 13.3 Å². The molecule has 24 heavy (non-hydrogen) atoms. The zero-order chi connectivity index (χ0) is 17.1. The summed E-state index contributed by atoms with van der Waals surface area (Å²) < 4.78 is 7.00. The SMILES string of the molecule is CCCCOC(=O)c1ccc2c(=O)c3cc(SC)ccc3sc2c1. The van der Waals surface area contributed by atoms with Crippen LogP contribution in [0.4, 0.5) is 0 Å². The highest BCUT2D eigenvalue weighted by molar-refractivity contribution is 7.98. The highest BCUT2D eigenvalue weighted by atomic mass is 32.2. The Kier molecular flexibility index (Phi) is 5.21. The third-order valence-electron chi connectivity index (χ3n) is 3.84. The van der Waals surface area contributed by atoms with Crippen molar-refractivity contribution in [2.24, 2.45) is 0 Å². The van der Waals surface area contributed by atoms with Crippen molar-refractivity contribution in [3.05, 3.63) is 52.2 Å². The first-order valence-corrected chi connectivity index (χ1v) is 9.90. The van der Waals surface area contributed by atoms with E-state index in [-0.39, 0.29) is 11.4 Å². The summed E-state index contributed by atoms with van der Waals surface area (Å²) in [4.78, 5) is 25.9. The van der Waals surface area contributed by atoms with E-state index >= 15 is 0 Å². The van der Waals surface area contributed by atoms with Crippen molar-refractivity contribution in [3.63, 3.8) is 0 Å². The monoisotopic (exact) mass is 358 g/mol. The number of hydrogen-bond acceptors (Lipinski definition) is 5. The van der Waals surface area contributed by atoms with Crippen LogP contribution in [0.3, 0.4) is 0 Å². The Hall–Kier alpha value is -1.85. The standard InChI is InChI=1S/C19H18O3S2/c1-3-4-9-22-19(21)12-5-7-14-17(10-12)24-16-8-6-13(23-2)11-15(16)18(14)20/h5-8,10-11H,3-4,9H2,1-2H3. The summed E-state index contributed by atoms with van der Waals surface area (Å²) in [5.74, 6) is -0.331. The molecule has 1 aromatic heterocycles. The summed E-state index contributed by atoms with van der Waals surface area (Å²) >= 11 is 3.15. The van der Waals surface area contributed by atoms with E-state index in [0.717, 1.165) is 32.5 Å². The molecule has 0 saturated carbocycles. The highest BCUT2D eigenvalue weighted by Gasteiger charge is 2.11. The Labute approximate surface area is 148 Å². The lowest BCUT2D eigenvalue weighted by atomic mass is 10.1. The Morgan fingerprint density at radius 2 is 1.96 bits per heavy atom. The summed E-state index contributed by atoms with van der Waals surface area (Å²) in [6, 6.07) is 11.1. The predicted molar refractivity (Wildman–Crippen MR) is 103 cm³/mol. The maximum Gasteiger partial charge on any atom is 0.338 e. The Morgan fingerprint density at radius 3 is 2.71 bits per heavy atom. The van der Waals surface area contributed by atoms with Crippen LogP contribution >= 0.6 is 23.1 Å². The normalized spacial score (nSPS) is 11.1. The van der Waals surface area contributed by atoms with E-state index in [2.05, 4.69) is 6.92 Å². The van der Waals surface area contributed by atoms with Gasteiger partial charge in [0.05, 0.1) is 12.2 Å². The Morgan fingerprint density at radius 1 is 1.12 bits per heavy atom. The first-order chi connectivity index (χ1) is 11.6. The molecule has 0 aliphatic rings. The molecule has 0 saturated heterocycles. The van der Waals surface area contributed by atoms with Crippen LogP contribution in [0.1, 0.15) is 30.1 Å². The molecular formula is C19H18O3S2. The van der Waals surface area contributed by atoms with Gasteiger partial charge in [-0.15, -0.1) is 23.1 Å². The van der Waals surface area contributed by atoms with Gasteiger partial charge in [-0.05, 0) is 49.1 Å². The van der Waals surface area contributed by atoms with Crippen LogP contribution in [-0.4, -0.2) is 18.8 Å². The van der Waals surface area contributed by atoms with Crippen molar-refractivity contribution in [3.8, 4) is 0 Å². The average molecular weight is 358 g/mol. The van der Waals surface area contributed by atoms with E-state index in [1.54, 1.807) is 30.0 Å². The minimum absolute atomic E-state index is 0.0144. The van der Waals surface area contributed by atoms with Crippen LogP contribution in [-0.2, 0) is 4.74 Å². The number of unbranched alkanes of at least 4 members (excludes halogenated alkanes) is 1. The molecule has 2 aromatic carbocycles. The molecule has 0 radical (unpaired) electrons. The third kappa shape index (κ3) is 3.32. The van der Waals surface area contributed by atoms with Crippen molar-refractivity contribution >= 4 is 49.2 Å². The summed E-state index contributed by atoms with van der Waals surface area (Å²) in [6.07, 6.45) is 3.83. The molecule has 0 N–H and O–H groups in total. The van der Waals surface area contributed by atoms with E-state index in [9.17, 15) is 9.59 Å². The molecule has 0 aliphatic carbocycles. The van der Waals surface area contributed by atoms with Crippen LogP contribution in [0.2, 0.25) is 0 Å². The lowest BCUT2D eigenvalue weighted by Gasteiger charge is -2.06. The van der Waals surface area contributed by atoms with E-state index in [1.165, 1.54) is 11.3 Å². The molecule has 0 spiro atoms. The predicted octanol–water partition coefficient (Wildman–Crippen LogP) is 5.09. The van der Waals surface area contributed by atoms with Gasteiger partial charge in [-0.3, -0.25) is 4.79 Å². The largest absolute Gasteiger partial charge is 0.462 e. The van der Waals surface area contributed by atoms with Gasteiger partial charge in [0, 0.05) is 25.1 Å². The van der Waals surface area contributed by atoms with Crippen LogP contribution in [0.15, 0.2) is 46.1 Å². The fourth-order valence-electron chi connectivity index (χ4n) is 2.48. The van der Waals surface area contributed by atoms with Gasteiger partial charge >= 0.3 is 5.97 Å². The lowest BCUT2D eigenvalue weighted by molar-refractivity contribution is 0.0500. The van der Waals surface area contributed by atoms with Gasteiger partial charge in [0.25, 0.3) is 0 Å². The number of esters is 1. The fraction of sp³-hybridized carbons (Fsp3) is 0.263. The lowest BCUT2D eigenvalue weighted by Crippen LogP contribution is -2.07. The smallest absolute Gasteiger partial charge is 0.338 e. The second-order valence-electron chi connectivity index (χ2n) is 5.49. The van der Waals surface area contributed by atoms with Gasteiger partial charge in [-0.2, -0.15) is 0 Å². The number of hydrogen-bond donors (Lipinski definition) is 0. The van der Waals surface area contributed by atoms with Gasteiger partial charge in [0.1, 0.15) is 0 Å². The number of ether oxygens (including phenoxy) is 1. The maximum absolute atomic E-state index is 12.7. The molecule has 5 heteroatoms. The molecule has 0 unspecified atom stereocenters. The zero-order valence-corrected chi connectivity index (χ0v) is 15.3. The van der Waals surface area contributed by atoms with Crippen molar-refractivity contribution in [1.82, 2.24) is 0 Å². The first kappa shape index (κ1) is 17.0. The number of rotatable bonds is 5. The third-order valence-corrected chi connectivity index (χ3v) is 5.70. The number of carbonyl (C=O) groups excluding carboxylic acids is 1. The molecule has 0 atom stereocenters. The molecule has 3 aromatic rings. The minimum Gasteiger partial charge on any atom is -0.462 e. The number of fused-ring (bicyclic) bond motifs is 2. The van der Waals surface area contributed by atoms with Crippen molar-refractivity contribution < 1.29 is 9.53 Å². The average Bonchev–Trinajstić information content (AvgIpc) is 2.61. The van der Waals surface area contributed by atoms with E-state index < -0.39 is 0 Å². The van der Waals surface area contributed by atoms with E-state index in [0.29, 0.717) is 17.6 Å². The van der Waals surface area contributed by atoms with Gasteiger partial charge in [0.2, 0.25) is 0 Å². The topological polar surface area (TPSA) is 43.4 Å². The molecule has 0 amide bonds. The summed E-state index contributed by atoms with van der Waals surface area (Å²) in [6.45, 7) is 2.48. The summed E-state index contributed by atoms with van der Waals surface area (Å²) in [5, 5.41) is 1.38. The molecule has 3 rings (SSSR count). The molecule has 124 valence electrons. The summed E-state index contributed by atoms with van der Waals surface area (Å²) in [7, 11) is 0. The van der Waals surface area contributed by atoms with E-state index in [4.69, 9.17) is 4.74 Å². The van der Waals surface area contributed by atoms with Crippen molar-refractivity contribution in [2.45, 2.75) is 24.7 Å². The van der Waals surface area contributed by atoms with E-state index in [1.807, 2.05) is 24.5 Å². The Bertz CT molecular complexity index is 960. The number of carbonyl (C=O) groups is 1. The van der Waals surface area contributed by atoms with Crippen LogP contribution in [0.5, 0.6) is 0 Å². The number of thioether (sulfide) groups is 1. The second-order valence-corrected chi connectivity index (χ2v) is 7.46. The van der Waals surface area contributed by atoms with Crippen LogP contribution in [0.25, 0.3) is 20.2 Å². The van der Waals surface area contributed by atoms with Crippen LogP contribution in [0, 0.1) is 0 Å².